The van der Waals surface area contributed by atoms with E-state index in [2.05, 4.69) is 31.0 Å². The molecule has 4 heteroatoms. The van der Waals surface area contributed by atoms with Crippen molar-refractivity contribution in [3.63, 3.8) is 0 Å². The second-order valence-corrected chi connectivity index (χ2v) is 7.13. The highest BCUT2D eigenvalue weighted by molar-refractivity contribution is 4.93. The number of likely N-dealkylation sites (tertiary alicyclic amines) is 1. The van der Waals surface area contributed by atoms with Gasteiger partial charge in [0.25, 0.3) is 0 Å². The predicted molar refractivity (Wildman–Crippen MR) is 81.9 cm³/mol. The van der Waals surface area contributed by atoms with Crippen molar-refractivity contribution in [2.75, 3.05) is 39.5 Å². The third kappa shape index (κ3) is 3.94. The number of aliphatic hydroxyl groups is 1. The number of hydrogen-bond donors (Lipinski definition) is 2. The maximum absolute atomic E-state index is 9.66. The van der Waals surface area contributed by atoms with Crippen molar-refractivity contribution in [1.82, 2.24) is 10.2 Å². The number of aliphatic hydroxyl groups excluding tert-OH is 1. The molecule has 0 radical (unpaired) electrons. The summed E-state index contributed by atoms with van der Waals surface area (Å²) in [6.45, 7) is 12.1. The first kappa shape index (κ1) is 16.2. The zero-order valence-electron chi connectivity index (χ0n) is 13.4. The second kappa shape index (κ2) is 7.21. The Hall–Kier alpha value is -0.160. The van der Waals surface area contributed by atoms with Gasteiger partial charge in [-0.3, -0.25) is 4.90 Å². The summed E-state index contributed by atoms with van der Waals surface area (Å²) in [7, 11) is 0. The molecule has 2 heterocycles. The van der Waals surface area contributed by atoms with Crippen LogP contribution in [-0.4, -0.2) is 61.5 Å². The minimum absolute atomic E-state index is 0.297. The molecule has 2 atom stereocenters. The lowest BCUT2D eigenvalue weighted by Gasteiger charge is -2.42. The van der Waals surface area contributed by atoms with Gasteiger partial charge < -0.3 is 15.2 Å². The molecule has 2 rings (SSSR count). The Labute approximate surface area is 123 Å². The van der Waals surface area contributed by atoms with E-state index < -0.39 is 0 Å². The van der Waals surface area contributed by atoms with Crippen LogP contribution in [-0.2, 0) is 4.74 Å². The molecule has 0 bridgehead atoms. The summed E-state index contributed by atoms with van der Waals surface area (Å²) < 4.78 is 5.57. The molecule has 0 aromatic rings. The highest BCUT2D eigenvalue weighted by Gasteiger charge is 2.39. The number of nitrogens with zero attached hydrogens (tertiary/aromatic N) is 1. The first-order valence-electron chi connectivity index (χ1n) is 8.22. The van der Waals surface area contributed by atoms with E-state index in [4.69, 9.17) is 4.74 Å². The van der Waals surface area contributed by atoms with Gasteiger partial charge in [-0.15, -0.1) is 0 Å². The molecule has 2 fully saturated rings. The van der Waals surface area contributed by atoms with Crippen molar-refractivity contribution in [3.8, 4) is 0 Å². The molecule has 0 aliphatic carbocycles. The lowest BCUT2D eigenvalue weighted by Crippen LogP contribution is -2.50. The molecule has 0 aromatic heterocycles. The SMILES string of the molecule is CC(C)NCC1(CN2CCC(C)C2CO)CCOCC1. The van der Waals surface area contributed by atoms with Crippen LogP contribution in [0.25, 0.3) is 0 Å². The van der Waals surface area contributed by atoms with E-state index in [1.807, 2.05) is 0 Å². The molecule has 20 heavy (non-hydrogen) atoms. The molecule has 2 unspecified atom stereocenters. The minimum atomic E-state index is 0.297. The van der Waals surface area contributed by atoms with Crippen LogP contribution in [0.1, 0.15) is 40.0 Å². The highest BCUT2D eigenvalue weighted by atomic mass is 16.5. The van der Waals surface area contributed by atoms with Gasteiger partial charge in [-0.2, -0.15) is 0 Å². The summed E-state index contributed by atoms with van der Waals surface area (Å²) >= 11 is 0. The fourth-order valence-electron chi connectivity index (χ4n) is 3.63. The molecule has 0 amide bonds. The van der Waals surface area contributed by atoms with E-state index in [0.717, 1.165) is 45.7 Å². The number of rotatable bonds is 6. The summed E-state index contributed by atoms with van der Waals surface area (Å²) in [5.41, 5.74) is 0.319. The van der Waals surface area contributed by atoms with Crippen molar-refractivity contribution in [1.29, 1.82) is 0 Å². The normalized spacial score (nSPS) is 31.1. The summed E-state index contributed by atoms with van der Waals surface area (Å²) in [6, 6.07) is 0.884. The Morgan fingerprint density at radius 1 is 1.35 bits per heavy atom. The molecule has 0 saturated carbocycles. The fraction of sp³-hybridized carbons (Fsp3) is 1.00. The van der Waals surface area contributed by atoms with Gasteiger partial charge in [0.05, 0.1) is 6.61 Å². The van der Waals surface area contributed by atoms with E-state index in [1.165, 1.54) is 6.42 Å². The lowest BCUT2D eigenvalue weighted by atomic mass is 9.79. The zero-order valence-corrected chi connectivity index (χ0v) is 13.4. The molecule has 0 aromatic carbocycles. The molecule has 2 aliphatic rings. The first-order valence-corrected chi connectivity index (χ1v) is 8.22. The van der Waals surface area contributed by atoms with Crippen molar-refractivity contribution in [2.45, 2.75) is 52.1 Å². The van der Waals surface area contributed by atoms with Crippen molar-refractivity contribution >= 4 is 0 Å². The van der Waals surface area contributed by atoms with Crippen molar-refractivity contribution < 1.29 is 9.84 Å². The summed E-state index contributed by atoms with van der Waals surface area (Å²) in [4.78, 5) is 2.53. The maximum Gasteiger partial charge on any atom is 0.0589 e. The van der Waals surface area contributed by atoms with Crippen LogP contribution in [0.2, 0.25) is 0 Å². The Morgan fingerprint density at radius 3 is 2.65 bits per heavy atom. The van der Waals surface area contributed by atoms with Gasteiger partial charge in [-0.25, -0.2) is 0 Å². The van der Waals surface area contributed by atoms with Crippen molar-refractivity contribution in [2.24, 2.45) is 11.3 Å². The largest absolute Gasteiger partial charge is 0.395 e. The van der Waals surface area contributed by atoms with Crippen LogP contribution in [0, 0.1) is 11.3 Å². The van der Waals surface area contributed by atoms with E-state index in [0.29, 0.717) is 30.0 Å². The van der Waals surface area contributed by atoms with E-state index >= 15 is 0 Å². The smallest absolute Gasteiger partial charge is 0.0589 e. The molecule has 118 valence electrons. The monoisotopic (exact) mass is 284 g/mol. The fourth-order valence-corrected chi connectivity index (χ4v) is 3.63. The van der Waals surface area contributed by atoms with Crippen LogP contribution in [0.5, 0.6) is 0 Å². The standard InChI is InChI=1S/C16H32N2O2/c1-13(2)17-11-16(5-8-20-9-6-16)12-18-7-4-14(3)15(18)10-19/h13-15,17,19H,4-12H2,1-3H3. The van der Waals surface area contributed by atoms with Crippen LogP contribution >= 0.6 is 0 Å². The van der Waals surface area contributed by atoms with E-state index in [-0.39, 0.29) is 0 Å². The van der Waals surface area contributed by atoms with Crippen molar-refractivity contribution in [3.05, 3.63) is 0 Å². The van der Waals surface area contributed by atoms with Gasteiger partial charge in [0, 0.05) is 38.4 Å². The molecule has 0 spiro atoms. The molecule has 4 nitrogen and oxygen atoms in total. The quantitative estimate of drug-likeness (QED) is 0.775. The van der Waals surface area contributed by atoms with Gasteiger partial charge in [0.1, 0.15) is 0 Å². The first-order chi connectivity index (χ1) is 9.56. The average Bonchev–Trinajstić information content (AvgIpc) is 2.78. The Morgan fingerprint density at radius 2 is 2.05 bits per heavy atom. The van der Waals surface area contributed by atoms with Gasteiger partial charge in [0.15, 0.2) is 0 Å². The molecular weight excluding hydrogens is 252 g/mol. The lowest BCUT2D eigenvalue weighted by molar-refractivity contribution is -0.0127. The van der Waals surface area contributed by atoms with Crippen LogP contribution < -0.4 is 5.32 Å². The summed E-state index contributed by atoms with van der Waals surface area (Å²) in [5, 5.41) is 13.3. The third-order valence-corrected chi connectivity index (χ3v) is 5.16. The zero-order chi connectivity index (χ0) is 14.6. The van der Waals surface area contributed by atoms with Gasteiger partial charge >= 0.3 is 0 Å². The van der Waals surface area contributed by atoms with E-state index in [9.17, 15) is 5.11 Å². The maximum atomic E-state index is 9.66. The summed E-state index contributed by atoms with van der Waals surface area (Å²) in [5.74, 6) is 0.620. The molecular formula is C16H32N2O2. The van der Waals surface area contributed by atoms with Gasteiger partial charge in [0.2, 0.25) is 0 Å². The van der Waals surface area contributed by atoms with Crippen LogP contribution in [0.15, 0.2) is 0 Å². The number of ether oxygens (including phenoxy) is 1. The summed E-state index contributed by atoms with van der Waals surface area (Å²) in [6.07, 6.45) is 3.49. The predicted octanol–water partition coefficient (Wildman–Crippen LogP) is 1.48. The highest BCUT2D eigenvalue weighted by Crippen LogP contribution is 2.34. The third-order valence-electron chi connectivity index (χ3n) is 5.16. The average molecular weight is 284 g/mol. The van der Waals surface area contributed by atoms with Crippen LogP contribution in [0.4, 0.5) is 0 Å². The molecule has 2 N–H and O–H groups in total. The second-order valence-electron chi connectivity index (χ2n) is 7.13. The van der Waals surface area contributed by atoms with Crippen LogP contribution in [0.3, 0.4) is 0 Å². The number of nitrogens with one attached hydrogen (secondary N) is 1. The van der Waals surface area contributed by atoms with Gasteiger partial charge in [-0.05, 0) is 37.1 Å². The number of hydrogen-bond acceptors (Lipinski definition) is 4. The van der Waals surface area contributed by atoms with Gasteiger partial charge in [-0.1, -0.05) is 20.8 Å². The Kier molecular flexibility index (Phi) is 5.84. The Balaban J connectivity index is 1.99. The Bertz CT molecular complexity index is 290. The van der Waals surface area contributed by atoms with E-state index in [1.54, 1.807) is 0 Å². The molecule has 2 aliphatic heterocycles. The molecule has 2 saturated heterocycles. The minimum Gasteiger partial charge on any atom is -0.395 e. The topological polar surface area (TPSA) is 44.7 Å².